The molecule has 0 unspecified atom stereocenters. The number of benzene rings is 3. The van der Waals surface area contributed by atoms with Crippen LogP contribution < -0.4 is 10.6 Å². The van der Waals surface area contributed by atoms with Gasteiger partial charge in [-0.1, -0.05) is 12.1 Å². The molecule has 0 radical (unpaired) electrons. The van der Waals surface area contributed by atoms with E-state index < -0.39 is 35.4 Å². The molecule has 1 aliphatic rings. The number of fused-ring (bicyclic) bond motifs is 1. The summed E-state index contributed by atoms with van der Waals surface area (Å²) in [4.78, 5) is 50.3. The Kier molecular flexibility index (Phi) is 5.66. The zero-order valence-electron chi connectivity index (χ0n) is 17.6. The molecule has 0 saturated heterocycles. The first-order valence-corrected chi connectivity index (χ1v) is 9.91. The molecule has 0 bridgehead atoms. The number of imide groups is 1. The van der Waals surface area contributed by atoms with Crippen LogP contribution in [0.25, 0.3) is 0 Å². The maximum Gasteiger partial charge on any atom is 0.416 e. The highest BCUT2D eigenvalue weighted by Crippen LogP contribution is 2.31. The molecule has 4 amide bonds. The van der Waals surface area contributed by atoms with Crippen molar-refractivity contribution in [3.63, 3.8) is 0 Å². The fraction of sp³-hybridized carbons (Fsp3) is 0.0833. The van der Waals surface area contributed by atoms with Gasteiger partial charge in [0.1, 0.15) is 0 Å². The molecular weight excluding hydrogens is 451 g/mol. The van der Waals surface area contributed by atoms with Gasteiger partial charge < -0.3 is 10.6 Å². The summed E-state index contributed by atoms with van der Waals surface area (Å²) < 4.78 is 38.7. The smallest absolute Gasteiger partial charge is 0.322 e. The number of hydrogen-bond acceptors (Lipinski definition) is 4. The molecule has 34 heavy (non-hydrogen) atoms. The molecule has 0 aromatic heterocycles. The molecule has 0 aliphatic carbocycles. The number of carbonyl (C=O) groups excluding carboxylic acids is 4. The SMILES string of the molecule is CN1C(=O)c2ccc(C(=O)Nc3cccc(C(=O)Nc4cccc(C(F)(F)F)c4)c3)cc2C1=O. The maximum atomic E-state index is 12.9. The summed E-state index contributed by atoms with van der Waals surface area (Å²) in [6.45, 7) is 0. The van der Waals surface area contributed by atoms with Gasteiger partial charge in [0.2, 0.25) is 0 Å². The number of rotatable bonds is 4. The molecule has 3 aromatic rings. The second-order valence-corrected chi connectivity index (χ2v) is 7.50. The minimum absolute atomic E-state index is 0.0309. The van der Waals surface area contributed by atoms with Gasteiger partial charge in [-0.25, -0.2) is 0 Å². The van der Waals surface area contributed by atoms with Crippen molar-refractivity contribution in [3.8, 4) is 0 Å². The van der Waals surface area contributed by atoms with Crippen molar-refractivity contribution in [2.24, 2.45) is 0 Å². The molecule has 0 spiro atoms. The minimum atomic E-state index is -4.55. The van der Waals surface area contributed by atoms with E-state index in [2.05, 4.69) is 10.6 Å². The van der Waals surface area contributed by atoms with E-state index in [-0.39, 0.29) is 33.6 Å². The van der Waals surface area contributed by atoms with Crippen molar-refractivity contribution in [3.05, 3.63) is 94.5 Å². The van der Waals surface area contributed by atoms with Crippen LogP contribution in [-0.2, 0) is 6.18 Å². The second-order valence-electron chi connectivity index (χ2n) is 7.50. The summed E-state index contributed by atoms with van der Waals surface area (Å²) in [5.74, 6) is -2.21. The van der Waals surface area contributed by atoms with Gasteiger partial charge in [-0.3, -0.25) is 24.1 Å². The largest absolute Gasteiger partial charge is 0.416 e. The van der Waals surface area contributed by atoms with Gasteiger partial charge in [-0.2, -0.15) is 13.2 Å². The zero-order chi connectivity index (χ0) is 24.6. The van der Waals surface area contributed by atoms with Crippen molar-refractivity contribution in [1.82, 2.24) is 4.90 Å². The quantitative estimate of drug-likeness (QED) is 0.555. The number of nitrogens with zero attached hydrogens (tertiary/aromatic N) is 1. The molecule has 2 N–H and O–H groups in total. The number of hydrogen-bond donors (Lipinski definition) is 2. The molecular formula is C24H16F3N3O4. The fourth-order valence-corrected chi connectivity index (χ4v) is 3.42. The van der Waals surface area contributed by atoms with E-state index in [0.29, 0.717) is 0 Å². The predicted molar refractivity (Wildman–Crippen MR) is 117 cm³/mol. The van der Waals surface area contributed by atoms with Gasteiger partial charge in [0.15, 0.2) is 0 Å². The van der Waals surface area contributed by atoms with Crippen molar-refractivity contribution in [1.29, 1.82) is 0 Å². The molecule has 0 fully saturated rings. The minimum Gasteiger partial charge on any atom is -0.322 e. The van der Waals surface area contributed by atoms with Gasteiger partial charge in [-0.15, -0.1) is 0 Å². The molecule has 4 rings (SSSR count). The lowest BCUT2D eigenvalue weighted by atomic mass is 10.1. The first kappa shape index (κ1) is 22.7. The highest BCUT2D eigenvalue weighted by molar-refractivity contribution is 6.22. The lowest BCUT2D eigenvalue weighted by Gasteiger charge is -2.11. The summed E-state index contributed by atoms with van der Waals surface area (Å²) in [7, 11) is 1.35. The van der Waals surface area contributed by atoms with E-state index >= 15 is 0 Å². The third-order valence-electron chi connectivity index (χ3n) is 5.18. The second kappa shape index (κ2) is 8.47. The molecule has 1 heterocycles. The van der Waals surface area contributed by atoms with Crippen LogP contribution in [-0.4, -0.2) is 35.6 Å². The standard InChI is InChI=1S/C24H16F3N3O4/c1-30-22(33)18-9-8-14(11-19(18)23(30)34)21(32)28-16-6-2-4-13(10-16)20(31)29-17-7-3-5-15(12-17)24(25,26)27/h2-12H,1H3,(H,28,32)(H,29,31). The number of carbonyl (C=O) groups is 4. The van der Waals surface area contributed by atoms with Crippen LogP contribution >= 0.6 is 0 Å². The van der Waals surface area contributed by atoms with Crippen LogP contribution in [0.5, 0.6) is 0 Å². The van der Waals surface area contributed by atoms with Crippen LogP contribution in [0.1, 0.15) is 47.0 Å². The van der Waals surface area contributed by atoms with Gasteiger partial charge in [0.25, 0.3) is 23.6 Å². The number of alkyl halides is 3. The van der Waals surface area contributed by atoms with Gasteiger partial charge >= 0.3 is 6.18 Å². The summed E-state index contributed by atoms with van der Waals surface area (Å²) in [6, 6.07) is 14.2. The molecule has 1 aliphatic heterocycles. The van der Waals surface area contributed by atoms with Gasteiger partial charge in [0.05, 0.1) is 16.7 Å². The molecule has 0 atom stereocenters. The van der Waals surface area contributed by atoms with Crippen LogP contribution in [0, 0.1) is 0 Å². The molecule has 0 saturated carbocycles. The van der Waals surface area contributed by atoms with Gasteiger partial charge in [0, 0.05) is 29.5 Å². The number of halogens is 3. The summed E-state index contributed by atoms with van der Waals surface area (Å²) >= 11 is 0. The Labute approximate surface area is 191 Å². The summed E-state index contributed by atoms with van der Waals surface area (Å²) in [5.41, 5.74) is -0.113. The first-order valence-electron chi connectivity index (χ1n) is 9.91. The average Bonchev–Trinajstić information content (AvgIpc) is 3.02. The molecule has 10 heteroatoms. The fourth-order valence-electron chi connectivity index (χ4n) is 3.42. The Hall–Kier alpha value is -4.47. The van der Waals surface area contributed by atoms with Crippen LogP contribution in [0.15, 0.2) is 66.7 Å². The van der Waals surface area contributed by atoms with E-state index in [1.807, 2.05) is 0 Å². The highest BCUT2D eigenvalue weighted by atomic mass is 19.4. The summed E-state index contributed by atoms with van der Waals surface area (Å²) in [5, 5.41) is 5.00. The van der Waals surface area contributed by atoms with Crippen molar-refractivity contribution in [2.75, 3.05) is 17.7 Å². The lowest BCUT2D eigenvalue weighted by molar-refractivity contribution is -0.137. The molecule has 3 aromatic carbocycles. The molecule has 7 nitrogen and oxygen atoms in total. The van der Waals surface area contributed by atoms with E-state index in [1.54, 1.807) is 0 Å². The number of anilines is 2. The van der Waals surface area contributed by atoms with Crippen molar-refractivity contribution >= 4 is 35.0 Å². The first-order chi connectivity index (χ1) is 16.0. The van der Waals surface area contributed by atoms with Crippen LogP contribution in [0.3, 0.4) is 0 Å². The van der Waals surface area contributed by atoms with Gasteiger partial charge in [-0.05, 0) is 54.6 Å². The Morgan fingerprint density at radius 2 is 1.29 bits per heavy atom. The Balaban J connectivity index is 1.49. The maximum absolute atomic E-state index is 12.9. The Bertz CT molecular complexity index is 1350. The normalized spacial score (nSPS) is 13.0. The van der Waals surface area contributed by atoms with Crippen molar-refractivity contribution in [2.45, 2.75) is 6.18 Å². The van der Waals surface area contributed by atoms with Crippen molar-refractivity contribution < 1.29 is 32.3 Å². The Morgan fingerprint density at radius 3 is 1.94 bits per heavy atom. The van der Waals surface area contributed by atoms with Crippen LogP contribution in [0.2, 0.25) is 0 Å². The topological polar surface area (TPSA) is 95.6 Å². The summed E-state index contributed by atoms with van der Waals surface area (Å²) in [6.07, 6.45) is -4.55. The van der Waals surface area contributed by atoms with E-state index in [4.69, 9.17) is 0 Å². The van der Waals surface area contributed by atoms with E-state index in [0.717, 1.165) is 17.0 Å². The monoisotopic (exact) mass is 467 g/mol. The van der Waals surface area contributed by atoms with E-state index in [1.165, 1.54) is 61.6 Å². The lowest BCUT2D eigenvalue weighted by Crippen LogP contribution is -2.24. The highest BCUT2D eigenvalue weighted by Gasteiger charge is 2.33. The number of amides is 4. The number of nitrogens with one attached hydrogen (secondary N) is 2. The van der Waals surface area contributed by atoms with E-state index in [9.17, 15) is 32.3 Å². The Morgan fingerprint density at radius 1 is 0.735 bits per heavy atom. The third-order valence-corrected chi connectivity index (χ3v) is 5.18. The molecule has 172 valence electrons. The zero-order valence-corrected chi connectivity index (χ0v) is 17.6. The predicted octanol–water partition coefficient (Wildman–Crippen LogP) is 4.44. The van der Waals surface area contributed by atoms with Crippen LogP contribution in [0.4, 0.5) is 24.5 Å². The third kappa shape index (κ3) is 4.38. The average molecular weight is 467 g/mol.